The number of esters is 1. The van der Waals surface area contributed by atoms with E-state index in [9.17, 15) is 9.18 Å². The van der Waals surface area contributed by atoms with E-state index in [-0.39, 0.29) is 12.4 Å². The summed E-state index contributed by atoms with van der Waals surface area (Å²) < 4.78 is 26.4. The van der Waals surface area contributed by atoms with Crippen LogP contribution >= 0.6 is 11.3 Å². The molecule has 0 radical (unpaired) electrons. The van der Waals surface area contributed by atoms with Gasteiger partial charge in [0, 0.05) is 33.9 Å². The van der Waals surface area contributed by atoms with Gasteiger partial charge in [0.2, 0.25) is 0 Å². The summed E-state index contributed by atoms with van der Waals surface area (Å²) in [6.07, 6.45) is -0.486. The summed E-state index contributed by atoms with van der Waals surface area (Å²) in [5, 5.41) is 0.429. The Bertz CT molecular complexity index is 1200. The molecule has 0 aliphatic heterocycles. The highest BCUT2D eigenvalue weighted by Gasteiger charge is 2.32. The molecule has 1 aromatic heterocycles. The largest absolute Gasteiger partial charge is 0.448 e. The number of ether oxygens (including phenoxy) is 2. The Morgan fingerprint density at radius 1 is 0.966 bits per heavy atom. The van der Waals surface area contributed by atoms with Crippen LogP contribution in [0.15, 0.2) is 66.7 Å². The minimum Gasteiger partial charge on any atom is -0.448 e. The van der Waals surface area contributed by atoms with Crippen LogP contribution in [0.1, 0.15) is 32.5 Å². The summed E-state index contributed by atoms with van der Waals surface area (Å²) in [6.45, 7) is 0.142. The van der Waals surface area contributed by atoms with Crippen molar-refractivity contribution in [2.45, 2.75) is 12.7 Å². The number of hydrogen-bond acceptors (Lipinski definition) is 4. The van der Waals surface area contributed by atoms with E-state index in [4.69, 9.17) is 9.47 Å². The number of thiophene rings is 1. The topological polar surface area (TPSA) is 35.5 Å². The second-order valence-corrected chi connectivity index (χ2v) is 7.97. The predicted octanol–water partition coefficient (Wildman–Crippen LogP) is 6.11. The molecule has 1 heterocycles. The van der Waals surface area contributed by atoms with E-state index >= 15 is 0 Å². The highest BCUT2D eigenvalue weighted by atomic mass is 32.1. The van der Waals surface area contributed by atoms with Crippen molar-refractivity contribution in [2.75, 3.05) is 7.11 Å². The number of rotatable bonds is 4. The minimum absolute atomic E-state index is 0.142. The molecule has 0 saturated heterocycles. The molecule has 1 aliphatic rings. The zero-order valence-corrected chi connectivity index (χ0v) is 16.5. The maximum atomic E-state index is 14.4. The molecular formula is C24H17FO3S. The van der Waals surface area contributed by atoms with Gasteiger partial charge in [-0.2, -0.15) is 0 Å². The van der Waals surface area contributed by atoms with Gasteiger partial charge in [-0.25, -0.2) is 9.18 Å². The normalized spacial score (nSPS) is 12.8. The highest BCUT2D eigenvalue weighted by Crippen LogP contribution is 2.46. The number of carbonyl (C=O) groups excluding carboxylic acids is 1. The SMILES string of the molecule is COCc1c(C(=O)OC2c3ccccc3-c3ccccc32)sc2cccc(F)c12. The molecule has 4 aromatic rings. The Hall–Kier alpha value is -3.02. The van der Waals surface area contributed by atoms with Gasteiger partial charge in [0.15, 0.2) is 6.10 Å². The van der Waals surface area contributed by atoms with Crippen molar-refractivity contribution in [3.63, 3.8) is 0 Å². The van der Waals surface area contributed by atoms with Crippen molar-refractivity contribution in [1.82, 2.24) is 0 Å². The zero-order chi connectivity index (χ0) is 20.0. The number of hydrogen-bond donors (Lipinski definition) is 0. The van der Waals surface area contributed by atoms with Crippen molar-refractivity contribution in [1.29, 1.82) is 0 Å². The van der Waals surface area contributed by atoms with E-state index in [0.29, 0.717) is 20.5 Å². The molecule has 0 atom stereocenters. The molecule has 5 heteroatoms. The average Bonchev–Trinajstić information content (AvgIpc) is 3.26. The lowest BCUT2D eigenvalue weighted by Crippen LogP contribution is -2.11. The van der Waals surface area contributed by atoms with Gasteiger partial charge in [-0.3, -0.25) is 0 Å². The van der Waals surface area contributed by atoms with E-state index in [1.807, 2.05) is 48.5 Å². The van der Waals surface area contributed by atoms with Crippen LogP contribution in [0.5, 0.6) is 0 Å². The Morgan fingerprint density at radius 2 is 1.62 bits per heavy atom. The van der Waals surface area contributed by atoms with Crippen LogP contribution in [0, 0.1) is 5.82 Å². The molecule has 0 bridgehead atoms. The van der Waals surface area contributed by atoms with Crippen molar-refractivity contribution < 1.29 is 18.7 Å². The van der Waals surface area contributed by atoms with Crippen LogP contribution in [0.4, 0.5) is 4.39 Å². The van der Waals surface area contributed by atoms with Crippen LogP contribution in [0.3, 0.4) is 0 Å². The third-order valence-electron chi connectivity index (χ3n) is 5.24. The van der Waals surface area contributed by atoms with Gasteiger partial charge >= 0.3 is 5.97 Å². The first-order chi connectivity index (χ1) is 14.2. The van der Waals surface area contributed by atoms with Crippen molar-refractivity contribution in [2.24, 2.45) is 0 Å². The summed E-state index contributed by atoms with van der Waals surface area (Å²) in [6, 6.07) is 20.7. The molecule has 0 N–H and O–H groups in total. The van der Waals surface area contributed by atoms with Crippen LogP contribution in [0.2, 0.25) is 0 Å². The molecule has 3 nitrogen and oxygen atoms in total. The number of fused-ring (bicyclic) bond motifs is 4. The molecule has 144 valence electrons. The Kier molecular flexibility index (Phi) is 4.42. The lowest BCUT2D eigenvalue weighted by atomic mass is 10.1. The number of benzene rings is 3. The quantitative estimate of drug-likeness (QED) is 0.385. The van der Waals surface area contributed by atoms with Crippen LogP contribution < -0.4 is 0 Å². The Balaban J connectivity index is 1.58. The molecule has 5 rings (SSSR count). The van der Waals surface area contributed by atoms with Gasteiger partial charge in [-0.15, -0.1) is 11.3 Å². The van der Waals surface area contributed by atoms with E-state index in [1.54, 1.807) is 12.1 Å². The molecule has 0 amide bonds. The number of halogens is 1. The zero-order valence-electron chi connectivity index (χ0n) is 15.6. The highest BCUT2D eigenvalue weighted by molar-refractivity contribution is 7.21. The van der Waals surface area contributed by atoms with Crippen LogP contribution in [-0.2, 0) is 16.1 Å². The van der Waals surface area contributed by atoms with Gasteiger partial charge in [0.05, 0.1) is 6.61 Å². The van der Waals surface area contributed by atoms with E-state index in [2.05, 4.69) is 0 Å². The van der Waals surface area contributed by atoms with Crippen LogP contribution in [0.25, 0.3) is 21.2 Å². The molecule has 29 heavy (non-hydrogen) atoms. The van der Waals surface area contributed by atoms with E-state index in [0.717, 1.165) is 22.3 Å². The molecule has 0 fully saturated rings. The van der Waals surface area contributed by atoms with Gasteiger partial charge in [-0.1, -0.05) is 54.6 Å². The summed E-state index contributed by atoms with van der Waals surface area (Å²) >= 11 is 1.24. The predicted molar refractivity (Wildman–Crippen MR) is 112 cm³/mol. The maximum Gasteiger partial charge on any atom is 0.349 e. The average molecular weight is 404 g/mol. The second-order valence-electron chi connectivity index (χ2n) is 6.92. The van der Waals surface area contributed by atoms with E-state index in [1.165, 1.54) is 24.5 Å². The maximum absolute atomic E-state index is 14.4. The minimum atomic E-state index is -0.486. The molecule has 0 unspecified atom stereocenters. The fraction of sp³-hybridized carbons (Fsp3) is 0.125. The molecule has 0 saturated carbocycles. The Labute approximate surface area is 171 Å². The van der Waals surface area contributed by atoms with Crippen LogP contribution in [-0.4, -0.2) is 13.1 Å². The third-order valence-corrected chi connectivity index (χ3v) is 6.42. The first kappa shape index (κ1) is 18.0. The fourth-order valence-electron chi connectivity index (χ4n) is 4.01. The van der Waals surface area contributed by atoms with Crippen molar-refractivity contribution in [3.05, 3.63) is 94.1 Å². The first-order valence-electron chi connectivity index (χ1n) is 9.27. The van der Waals surface area contributed by atoms with Crippen molar-refractivity contribution in [3.8, 4) is 11.1 Å². The lowest BCUT2D eigenvalue weighted by Gasteiger charge is -2.15. The lowest BCUT2D eigenvalue weighted by molar-refractivity contribution is 0.0388. The summed E-state index contributed by atoms with van der Waals surface area (Å²) in [7, 11) is 1.53. The molecule has 0 spiro atoms. The summed E-state index contributed by atoms with van der Waals surface area (Å²) in [4.78, 5) is 13.6. The summed E-state index contributed by atoms with van der Waals surface area (Å²) in [5.41, 5.74) is 4.60. The third kappa shape index (κ3) is 2.85. The first-order valence-corrected chi connectivity index (χ1v) is 10.1. The molecule has 3 aromatic carbocycles. The second kappa shape index (κ2) is 7.10. The number of carbonyl (C=O) groups is 1. The van der Waals surface area contributed by atoms with Gasteiger partial charge in [0.25, 0.3) is 0 Å². The fourth-order valence-corrected chi connectivity index (χ4v) is 5.12. The standard InChI is InChI=1S/C24H17FO3S/c1-27-13-18-21-19(25)11-6-12-20(21)29-23(18)24(26)28-22-16-9-4-2-7-14(16)15-8-3-5-10-17(15)22/h2-12,22H,13H2,1H3. The Morgan fingerprint density at radius 3 is 2.28 bits per heavy atom. The van der Waals surface area contributed by atoms with Gasteiger partial charge < -0.3 is 9.47 Å². The smallest absolute Gasteiger partial charge is 0.349 e. The van der Waals surface area contributed by atoms with Crippen molar-refractivity contribution >= 4 is 27.4 Å². The molecular weight excluding hydrogens is 387 g/mol. The monoisotopic (exact) mass is 404 g/mol. The van der Waals surface area contributed by atoms with Gasteiger partial charge in [0.1, 0.15) is 10.7 Å². The number of methoxy groups -OCH3 is 1. The summed E-state index contributed by atoms with van der Waals surface area (Å²) in [5.74, 6) is -0.824. The molecule has 1 aliphatic carbocycles. The van der Waals surface area contributed by atoms with Gasteiger partial charge in [-0.05, 0) is 23.3 Å². The van der Waals surface area contributed by atoms with E-state index < -0.39 is 12.1 Å².